The van der Waals surface area contributed by atoms with Crippen molar-refractivity contribution in [1.29, 1.82) is 0 Å². The quantitative estimate of drug-likeness (QED) is 0.464. The van der Waals surface area contributed by atoms with E-state index in [9.17, 15) is 4.79 Å². The van der Waals surface area contributed by atoms with Gasteiger partial charge in [0.2, 0.25) is 11.9 Å². The molecule has 0 aliphatic rings. The lowest BCUT2D eigenvalue weighted by Crippen LogP contribution is -2.20. The van der Waals surface area contributed by atoms with E-state index in [1.54, 1.807) is 24.4 Å². The molecule has 7 nitrogen and oxygen atoms in total. The highest BCUT2D eigenvalue weighted by atomic mass is 35.5. The first kappa shape index (κ1) is 21.5. The van der Waals surface area contributed by atoms with Crippen LogP contribution in [0.15, 0.2) is 43.1 Å². The molecule has 2 aromatic heterocycles. The number of hydrogen-bond donors (Lipinski definition) is 3. The highest BCUT2D eigenvalue weighted by Crippen LogP contribution is 2.33. The maximum Gasteiger partial charge on any atom is 0.247 e. The van der Waals surface area contributed by atoms with Gasteiger partial charge in [-0.05, 0) is 36.6 Å². The summed E-state index contributed by atoms with van der Waals surface area (Å²) in [5.74, 6) is 0.701. The van der Waals surface area contributed by atoms with E-state index >= 15 is 0 Å². The van der Waals surface area contributed by atoms with Crippen LogP contribution in [0.4, 0.5) is 23.1 Å². The van der Waals surface area contributed by atoms with E-state index in [0.29, 0.717) is 33.7 Å². The molecule has 0 saturated heterocycles. The Kier molecular flexibility index (Phi) is 6.22. The van der Waals surface area contributed by atoms with Crippen molar-refractivity contribution in [2.24, 2.45) is 5.41 Å². The predicted octanol–water partition coefficient (Wildman–Crippen LogP) is 5.31. The molecule has 0 fully saturated rings. The van der Waals surface area contributed by atoms with Crippen LogP contribution < -0.4 is 16.0 Å². The maximum absolute atomic E-state index is 11.8. The minimum Gasteiger partial charge on any atom is -0.368 e. The van der Waals surface area contributed by atoms with Crippen molar-refractivity contribution in [2.75, 3.05) is 22.5 Å². The fraction of sp³-hybridized carbons (Fsp3) is 0.273. The average molecular weight is 425 g/mol. The van der Waals surface area contributed by atoms with Crippen LogP contribution in [-0.4, -0.2) is 27.4 Å². The van der Waals surface area contributed by atoms with Crippen LogP contribution in [0.1, 0.15) is 26.5 Å². The second-order valence-corrected chi connectivity index (χ2v) is 8.55. The number of aromatic nitrogens is 3. The van der Waals surface area contributed by atoms with E-state index in [1.807, 2.05) is 13.0 Å². The van der Waals surface area contributed by atoms with E-state index in [4.69, 9.17) is 11.6 Å². The van der Waals surface area contributed by atoms with E-state index in [2.05, 4.69) is 58.3 Å². The highest BCUT2D eigenvalue weighted by Gasteiger charge is 2.15. The minimum absolute atomic E-state index is 0.0850. The second-order valence-electron chi connectivity index (χ2n) is 8.14. The molecule has 0 spiro atoms. The Balaban J connectivity index is 1.99. The topological polar surface area (TPSA) is 91.8 Å². The number of amides is 1. The Labute approximate surface area is 181 Å². The molecule has 0 radical (unpaired) electrons. The summed E-state index contributed by atoms with van der Waals surface area (Å²) in [5, 5.41) is 10.5. The third-order valence-corrected chi connectivity index (χ3v) is 4.49. The molecular formula is C22H25ClN6O. The zero-order chi connectivity index (χ0) is 21.9. The van der Waals surface area contributed by atoms with Crippen molar-refractivity contribution in [3.05, 3.63) is 53.8 Å². The first-order chi connectivity index (χ1) is 14.2. The summed E-state index contributed by atoms with van der Waals surface area (Å²) in [6, 6.07) is 7.13. The van der Waals surface area contributed by atoms with Crippen molar-refractivity contribution in [2.45, 2.75) is 27.7 Å². The molecule has 0 aliphatic carbocycles. The Hall–Kier alpha value is -3.19. The van der Waals surface area contributed by atoms with Crippen molar-refractivity contribution >= 4 is 51.6 Å². The summed E-state index contributed by atoms with van der Waals surface area (Å²) in [4.78, 5) is 25.4. The van der Waals surface area contributed by atoms with Crippen molar-refractivity contribution in [1.82, 2.24) is 15.0 Å². The van der Waals surface area contributed by atoms with Crippen LogP contribution in [0.2, 0.25) is 5.02 Å². The monoisotopic (exact) mass is 424 g/mol. The van der Waals surface area contributed by atoms with Crippen LogP contribution in [0.3, 0.4) is 0 Å². The third kappa shape index (κ3) is 5.24. The molecule has 3 N–H and O–H groups in total. The molecule has 30 heavy (non-hydrogen) atoms. The van der Waals surface area contributed by atoms with Gasteiger partial charge in [-0.2, -0.15) is 0 Å². The normalized spacial score (nSPS) is 11.2. The molecule has 0 atom stereocenters. The molecule has 156 valence electrons. The lowest BCUT2D eigenvalue weighted by atomic mass is 9.97. The molecule has 1 aromatic carbocycles. The van der Waals surface area contributed by atoms with Gasteiger partial charge in [0.15, 0.2) is 5.82 Å². The number of pyridine rings is 1. The summed E-state index contributed by atoms with van der Waals surface area (Å²) in [6.07, 6.45) is 2.93. The number of carbonyl (C=O) groups is 1. The number of nitrogens with zero attached hydrogens (tertiary/aromatic N) is 3. The first-order valence-electron chi connectivity index (χ1n) is 9.53. The molecule has 0 aliphatic heterocycles. The standard InChI is InChI=1S/C22H25ClN6O/c1-6-17(30)27-16-9-7-8-15(23)19(16)29-21-24-11-14-10-13(2)26-20(18(14)28-21)25-12-22(3,4)5/h6-11H,1,12H2,2-5H3,(H,25,26)(H,27,30)(H,24,28,29). The Morgan fingerprint density at radius 2 is 2.03 bits per heavy atom. The molecule has 0 unspecified atom stereocenters. The van der Waals surface area contributed by atoms with Crippen LogP contribution in [0.5, 0.6) is 0 Å². The number of fused-ring (bicyclic) bond motifs is 1. The summed E-state index contributed by atoms with van der Waals surface area (Å²) >= 11 is 6.36. The summed E-state index contributed by atoms with van der Waals surface area (Å²) < 4.78 is 0. The van der Waals surface area contributed by atoms with E-state index in [-0.39, 0.29) is 11.3 Å². The van der Waals surface area contributed by atoms with Crippen molar-refractivity contribution < 1.29 is 4.79 Å². The Morgan fingerprint density at radius 1 is 1.27 bits per heavy atom. The number of rotatable bonds is 6. The fourth-order valence-corrected chi connectivity index (χ4v) is 2.98. The average Bonchev–Trinajstić information content (AvgIpc) is 2.68. The van der Waals surface area contributed by atoms with E-state index in [0.717, 1.165) is 17.6 Å². The number of nitrogens with one attached hydrogen (secondary N) is 3. The van der Waals surface area contributed by atoms with Gasteiger partial charge in [0.25, 0.3) is 0 Å². The van der Waals surface area contributed by atoms with Gasteiger partial charge in [0.05, 0.1) is 16.4 Å². The van der Waals surface area contributed by atoms with Crippen LogP contribution in [0.25, 0.3) is 10.9 Å². The van der Waals surface area contributed by atoms with Gasteiger partial charge in [-0.3, -0.25) is 4.79 Å². The Morgan fingerprint density at radius 3 is 2.73 bits per heavy atom. The molecule has 3 rings (SSSR count). The fourth-order valence-electron chi connectivity index (χ4n) is 2.76. The number of anilines is 4. The number of hydrogen-bond acceptors (Lipinski definition) is 6. The molecular weight excluding hydrogens is 400 g/mol. The van der Waals surface area contributed by atoms with E-state index in [1.165, 1.54) is 6.08 Å². The van der Waals surface area contributed by atoms with E-state index < -0.39 is 0 Å². The number of benzene rings is 1. The second kappa shape index (κ2) is 8.67. The Bertz CT molecular complexity index is 1110. The SMILES string of the molecule is C=CC(=O)Nc1cccc(Cl)c1Nc1ncc2cc(C)nc(NCC(C)(C)C)c2n1. The van der Waals surface area contributed by atoms with Crippen LogP contribution in [-0.2, 0) is 4.79 Å². The lowest BCUT2D eigenvalue weighted by Gasteiger charge is -2.20. The summed E-state index contributed by atoms with van der Waals surface area (Å²) in [5.41, 5.74) is 2.67. The number of aryl methyl sites for hydroxylation is 1. The minimum atomic E-state index is -0.340. The van der Waals surface area contributed by atoms with Gasteiger partial charge in [-0.25, -0.2) is 15.0 Å². The van der Waals surface area contributed by atoms with Crippen LogP contribution in [0, 0.1) is 12.3 Å². The highest BCUT2D eigenvalue weighted by molar-refractivity contribution is 6.34. The van der Waals surface area contributed by atoms with Gasteiger partial charge in [0, 0.05) is 23.8 Å². The molecule has 0 saturated carbocycles. The zero-order valence-electron chi connectivity index (χ0n) is 17.5. The van der Waals surface area contributed by atoms with Crippen LogP contribution >= 0.6 is 11.6 Å². The molecule has 2 heterocycles. The summed E-state index contributed by atoms with van der Waals surface area (Å²) in [7, 11) is 0. The number of halogens is 1. The third-order valence-electron chi connectivity index (χ3n) is 4.17. The smallest absolute Gasteiger partial charge is 0.247 e. The van der Waals surface area contributed by atoms with Crippen molar-refractivity contribution in [3.8, 4) is 0 Å². The molecule has 8 heteroatoms. The lowest BCUT2D eigenvalue weighted by molar-refractivity contribution is -0.111. The van der Waals surface area contributed by atoms with Gasteiger partial charge in [0.1, 0.15) is 5.52 Å². The van der Waals surface area contributed by atoms with Gasteiger partial charge < -0.3 is 16.0 Å². The van der Waals surface area contributed by atoms with Gasteiger partial charge >= 0.3 is 0 Å². The van der Waals surface area contributed by atoms with Crippen molar-refractivity contribution in [3.63, 3.8) is 0 Å². The maximum atomic E-state index is 11.8. The molecule has 1 amide bonds. The molecule has 3 aromatic rings. The number of carbonyl (C=O) groups excluding carboxylic acids is 1. The van der Waals surface area contributed by atoms with Gasteiger partial charge in [-0.15, -0.1) is 0 Å². The van der Waals surface area contributed by atoms with Gasteiger partial charge in [-0.1, -0.05) is 45.0 Å². The molecule has 0 bridgehead atoms. The predicted molar refractivity (Wildman–Crippen MR) is 124 cm³/mol. The first-order valence-corrected chi connectivity index (χ1v) is 9.91. The zero-order valence-corrected chi connectivity index (χ0v) is 18.3. The summed E-state index contributed by atoms with van der Waals surface area (Å²) in [6.45, 7) is 12.6. The number of para-hydroxylation sites is 1. The largest absolute Gasteiger partial charge is 0.368 e.